The van der Waals surface area contributed by atoms with E-state index in [1.165, 1.54) is 6.92 Å². The molecule has 0 radical (unpaired) electrons. The molecule has 85 heavy (non-hydrogen) atoms. The van der Waals surface area contributed by atoms with Gasteiger partial charge in [-0.15, -0.1) is 156 Å². The van der Waals surface area contributed by atoms with Crippen molar-refractivity contribution in [1.29, 1.82) is 0 Å². The van der Waals surface area contributed by atoms with Gasteiger partial charge in [-0.05, 0) is 147 Å². The van der Waals surface area contributed by atoms with Crippen molar-refractivity contribution in [2.24, 2.45) is 73.9 Å². The van der Waals surface area contributed by atoms with Gasteiger partial charge in [-0.2, -0.15) is 0 Å². The summed E-state index contributed by atoms with van der Waals surface area (Å²) in [5.41, 5.74) is -2.98. The lowest BCUT2D eigenvalue weighted by molar-refractivity contribution is -0.243. The Hall–Kier alpha value is 9.17. The maximum absolute atomic E-state index is 13.7. The van der Waals surface area contributed by atoms with E-state index < -0.39 is 45.4 Å². The van der Waals surface area contributed by atoms with Crippen LogP contribution in [0.2, 0.25) is 0 Å². The summed E-state index contributed by atoms with van der Waals surface area (Å²) in [7, 11) is 50.0. The van der Waals surface area contributed by atoms with Gasteiger partial charge in [-0.3, -0.25) is 28.8 Å². The second-order valence-electron chi connectivity index (χ2n) is 24.5. The van der Waals surface area contributed by atoms with Crippen LogP contribution in [-0.4, -0.2) is 59.9 Å². The molecule has 0 aromatic heterocycles. The monoisotopic (exact) mass is 1710 g/mol. The molecule has 0 amide bonds. The molecule has 0 aromatic rings. The number of hydrogen-bond acceptors (Lipinski definition) is 10. The minimum Gasteiger partial charge on any atom is -0.461 e. The molecule has 3 heterocycles. The Labute approximate surface area is 563 Å². The van der Waals surface area contributed by atoms with E-state index in [0.29, 0.717) is 19.3 Å². The summed E-state index contributed by atoms with van der Waals surface area (Å²) in [4.78, 5) is 76.5. The molecule has 36 atom stereocenters. The van der Waals surface area contributed by atoms with Crippen LogP contribution in [0.4, 0.5) is 0 Å². The fraction of sp³-hybridized carbons (Fsp3) is 0.783. The molecular weight excluding hydrogens is 1610 g/mol. The van der Waals surface area contributed by atoms with Gasteiger partial charge in [0.15, 0.2) is 0 Å². The number of ketones is 2. The normalized spacial score (nSPS) is 39.3. The minimum absolute atomic E-state index is 0.00525. The molecule has 5 saturated carbocycles. The van der Waals surface area contributed by atoms with Crippen LogP contribution in [0.3, 0.4) is 0 Å². The molecular formula is C46H97O10P29. The predicted octanol–water partition coefficient (Wildman–Crippen LogP) is 23.7. The van der Waals surface area contributed by atoms with Crippen molar-refractivity contribution >= 4 is 270 Å². The molecule has 8 aliphatic rings. The first kappa shape index (κ1) is 84.8. The van der Waals surface area contributed by atoms with Crippen molar-refractivity contribution in [2.45, 2.75) is 151 Å². The molecule has 3 saturated heterocycles. The lowest BCUT2D eigenvalue weighted by Crippen LogP contribution is -2.68. The summed E-state index contributed by atoms with van der Waals surface area (Å²) >= 11 is 0. The van der Waals surface area contributed by atoms with E-state index in [1.54, 1.807) is 6.08 Å². The molecule has 0 spiro atoms. The Morgan fingerprint density at radius 2 is 1.00 bits per heavy atom. The van der Waals surface area contributed by atoms with E-state index >= 15 is 0 Å². The number of hydrogen-bond donors (Lipinski definition) is 0. The predicted molar refractivity (Wildman–Crippen MR) is 453 cm³/mol. The third kappa shape index (κ3) is 17.7. The highest BCUT2D eigenvalue weighted by atomic mass is 33.3. The Bertz CT molecular complexity index is 2410. The van der Waals surface area contributed by atoms with E-state index in [1.807, 2.05) is 19.9 Å². The molecule has 5 aliphatic carbocycles. The van der Waals surface area contributed by atoms with Crippen molar-refractivity contribution in [3.63, 3.8) is 0 Å². The van der Waals surface area contributed by atoms with Crippen molar-refractivity contribution in [3.05, 3.63) is 25.3 Å². The van der Waals surface area contributed by atoms with Gasteiger partial charge < -0.3 is 18.9 Å². The van der Waals surface area contributed by atoms with Gasteiger partial charge in [0.2, 0.25) is 0 Å². The second-order valence-corrected chi connectivity index (χ2v) is 134. The third-order valence-corrected chi connectivity index (χ3v) is 188. The van der Waals surface area contributed by atoms with Crippen LogP contribution in [0.25, 0.3) is 0 Å². The third-order valence-electron chi connectivity index (χ3n) is 20.5. The van der Waals surface area contributed by atoms with Crippen LogP contribution in [0.5, 0.6) is 0 Å². The molecule has 486 valence electrons. The fourth-order valence-corrected chi connectivity index (χ4v) is 319. The van der Waals surface area contributed by atoms with E-state index in [0.717, 1.165) is 40.1 Å². The summed E-state index contributed by atoms with van der Waals surface area (Å²) in [5, 5.41) is 0. The largest absolute Gasteiger partial charge is 0.461 e. The molecule has 8 rings (SSSR count). The maximum Gasteiger partial charge on any atom is 0.306 e. The summed E-state index contributed by atoms with van der Waals surface area (Å²) in [6, 6.07) is 0. The van der Waals surface area contributed by atoms with E-state index in [9.17, 15) is 28.8 Å². The first-order chi connectivity index (χ1) is 39.2. The number of Topliss-reactive ketones (excluding diaryl/α,β-unsaturated/α-hetero) is 2. The molecule has 0 N–H and O–H groups in total. The number of allylic oxidation sites excluding steroid dienone is 1. The van der Waals surface area contributed by atoms with Crippen molar-refractivity contribution in [2.75, 3.05) is 0 Å². The van der Waals surface area contributed by atoms with Gasteiger partial charge in [-0.1, -0.05) is 68.6 Å². The Kier molecular flexibility index (Phi) is 35.5. The quantitative estimate of drug-likeness (QED) is 0.0715. The highest BCUT2D eigenvalue weighted by molar-refractivity contribution is 9.29. The zero-order valence-corrected chi connectivity index (χ0v) is 80.4. The standard InChI is InChI=1S/C24H34O5.C22H30O5.H17P15.H16P14/c1-7-22(5)16-12-18(27)29-21(16)23(6)13(2)8-10-24(11-9-17(26)19(23)24)14(3)20(22)28-15(4)25;1-6-20(4)14-11-16(24)26-18(14)21(5)12(2)7-9-22(13(3)17(20)25)10-8-15(23)27-19(21)22;1-9-13(8)15(12(6)7)14(10(2)3)11(4)5;1-9(2)13(10(3)4)14(11(5)6)12(7)8/h7,13-14,16,19-21H,1,8-12H2,2-6H3;6,12-14,18-19H,1,7-11H2,2-5H3;9H,1-8H2;1-8H2/t13-,14+,16-,19+,20+,21-,22-,23-,24+;12-,13+,14-,18-,19+,20-,21+,22+;;/m11../s1. The van der Waals surface area contributed by atoms with Crippen molar-refractivity contribution < 1.29 is 47.7 Å². The lowest BCUT2D eigenvalue weighted by Gasteiger charge is -2.63. The molecule has 39 heteroatoms. The molecule has 8 fully saturated rings. The van der Waals surface area contributed by atoms with Gasteiger partial charge in [-0.25, -0.2) is 0 Å². The first-order valence-corrected chi connectivity index (χ1v) is 78.7. The van der Waals surface area contributed by atoms with Crippen LogP contribution in [-0.2, 0) is 47.7 Å². The van der Waals surface area contributed by atoms with Gasteiger partial charge >= 0.3 is 23.9 Å². The van der Waals surface area contributed by atoms with Crippen LogP contribution in [0.1, 0.15) is 127 Å². The number of rotatable bonds is 14. The smallest absolute Gasteiger partial charge is 0.306 e. The molecule has 3 aliphatic heterocycles. The Morgan fingerprint density at radius 3 is 1.44 bits per heavy atom. The van der Waals surface area contributed by atoms with Crippen molar-refractivity contribution in [3.8, 4) is 0 Å². The van der Waals surface area contributed by atoms with Gasteiger partial charge in [0, 0.05) is 71.0 Å². The fourth-order valence-electron chi connectivity index (χ4n) is 15.8. The minimum atomic E-state index is -0.825. The van der Waals surface area contributed by atoms with E-state index in [-0.39, 0.29) is 185 Å². The summed E-state index contributed by atoms with van der Waals surface area (Å²) in [6.45, 7) is 27.9. The van der Waals surface area contributed by atoms with E-state index in [2.05, 4.69) is 198 Å². The topological polar surface area (TPSA) is 139 Å². The van der Waals surface area contributed by atoms with Gasteiger partial charge in [0.25, 0.3) is 0 Å². The highest BCUT2D eigenvalue weighted by Gasteiger charge is 2.73. The van der Waals surface area contributed by atoms with Crippen LogP contribution in [0.15, 0.2) is 25.3 Å². The average molecular weight is 1710 g/mol. The first-order valence-electron chi connectivity index (χ1n) is 27.6. The molecule has 10 nitrogen and oxygen atoms in total. The number of ether oxygens (including phenoxy) is 4. The molecule has 4 bridgehead atoms. The Morgan fingerprint density at radius 1 is 0.576 bits per heavy atom. The number of carbonyl (C=O) groups is 6. The van der Waals surface area contributed by atoms with Gasteiger partial charge in [0.05, 0.1) is 18.3 Å². The average Bonchev–Trinajstić information content (AvgIpc) is 1.72. The lowest BCUT2D eigenvalue weighted by atomic mass is 9.42. The summed E-state index contributed by atoms with van der Waals surface area (Å²) in [6.07, 6.45) is 8.51. The van der Waals surface area contributed by atoms with Crippen LogP contribution < -0.4 is 0 Å². The van der Waals surface area contributed by atoms with Crippen molar-refractivity contribution in [1.82, 2.24) is 0 Å². The molecule has 0 aromatic carbocycles. The SMILES string of the molecule is C=C[C@@]1(C)C(=O)[C@H](C)[C@]23CCC(=O)O[C@H]2[C@@](C)([C@H](C)CC3)[C@@H]2OC(=O)C[C@H]21.C=C[C@]1(C)[C@@H]2CC(=O)O[C@H]2[C@]2(C)[C@H](C)CC[C@]3(CCC(=O)[C@H]32)[C@@H](C)[C@@H]1OC(C)=O.PP(P)P(P(P)P)P(P(P)P)P(P)P.PPP(P)P(P(P)P)P(P(P)P)P(P)P. The van der Waals surface area contributed by atoms with E-state index in [4.69, 9.17) is 18.9 Å². The van der Waals surface area contributed by atoms with Crippen LogP contribution >= 0.6 is 235 Å². The van der Waals surface area contributed by atoms with Crippen LogP contribution in [0, 0.1) is 73.9 Å². The summed E-state index contributed by atoms with van der Waals surface area (Å²) in [5.74, 6) is -1.03. The summed E-state index contributed by atoms with van der Waals surface area (Å²) < 4.78 is 23.9. The number of esters is 4. The second kappa shape index (κ2) is 35.6. The number of carbonyl (C=O) groups excluding carboxylic acids is 6. The highest BCUT2D eigenvalue weighted by Crippen LogP contribution is 3.23. The molecule has 19 unspecified atom stereocenters. The maximum atomic E-state index is 13.7. The zero-order chi connectivity index (χ0) is 64.8. The zero-order valence-electron chi connectivity index (χ0n) is 50.2. The number of fused-ring (bicyclic) bond motifs is 4. The Balaban J connectivity index is 0.000000218. The van der Waals surface area contributed by atoms with Gasteiger partial charge in [0.1, 0.15) is 36.0 Å².